The molecule has 0 spiro atoms. The molecular weight excluding hydrogens is 314 g/mol. The third kappa shape index (κ3) is 2.78. The van der Waals surface area contributed by atoms with Crippen molar-refractivity contribution in [3.8, 4) is 0 Å². The van der Waals surface area contributed by atoms with E-state index in [4.69, 9.17) is 16.3 Å². The minimum Gasteiger partial charge on any atom is -0.378 e. The Hall–Kier alpha value is -1.15. The van der Waals surface area contributed by atoms with Crippen LogP contribution in [0.3, 0.4) is 0 Å². The molecule has 0 saturated heterocycles. The second-order valence-corrected chi connectivity index (χ2v) is 6.99. The zero-order valence-electron chi connectivity index (χ0n) is 11.5. The molecule has 2 aromatic rings. The van der Waals surface area contributed by atoms with Gasteiger partial charge in [0.05, 0.1) is 6.10 Å². The second-order valence-electron chi connectivity index (χ2n) is 5.00. The molecule has 21 heavy (non-hydrogen) atoms. The van der Waals surface area contributed by atoms with Crippen LogP contribution in [0.1, 0.15) is 19.8 Å². The molecule has 1 N–H and O–H groups in total. The van der Waals surface area contributed by atoms with E-state index in [0.717, 1.165) is 0 Å². The number of ether oxygens (including phenoxy) is 1. The second kappa shape index (κ2) is 5.57. The smallest absolute Gasteiger partial charge is 0.260 e. The lowest BCUT2D eigenvalue weighted by molar-refractivity contribution is -0.00477. The SMILES string of the molecule is CCOC1CC(NS(=O)(=O)c2c(Cl)nc3ccccn23)C1. The fourth-order valence-corrected chi connectivity index (χ4v) is 4.40. The van der Waals surface area contributed by atoms with Gasteiger partial charge < -0.3 is 4.74 Å². The number of hydrogen-bond acceptors (Lipinski definition) is 4. The van der Waals surface area contributed by atoms with Crippen molar-refractivity contribution in [2.24, 2.45) is 0 Å². The highest BCUT2D eigenvalue weighted by molar-refractivity contribution is 7.89. The van der Waals surface area contributed by atoms with Crippen molar-refractivity contribution < 1.29 is 13.2 Å². The van der Waals surface area contributed by atoms with Crippen LogP contribution in [-0.4, -0.2) is 36.6 Å². The summed E-state index contributed by atoms with van der Waals surface area (Å²) in [7, 11) is -3.71. The molecule has 0 aliphatic heterocycles. The molecule has 0 unspecified atom stereocenters. The minimum absolute atomic E-state index is 0.0142. The van der Waals surface area contributed by atoms with Gasteiger partial charge in [-0.2, -0.15) is 0 Å². The average Bonchev–Trinajstić information content (AvgIpc) is 2.72. The van der Waals surface area contributed by atoms with E-state index in [9.17, 15) is 8.42 Å². The highest BCUT2D eigenvalue weighted by Gasteiger charge is 2.35. The van der Waals surface area contributed by atoms with Crippen LogP contribution in [0.25, 0.3) is 5.65 Å². The van der Waals surface area contributed by atoms with Crippen LogP contribution >= 0.6 is 11.6 Å². The summed E-state index contributed by atoms with van der Waals surface area (Å²) in [6.07, 6.45) is 3.13. The highest BCUT2D eigenvalue weighted by Crippen LogP contribution is 2.27. The maximum Gasteiger partial charge on any atom is 0.260 e. The molecule has 114 valence electrons. The molecule has 8 heteroatoms. The molecule has 0 amide bonds. The maximum atomic E-state index is 12.5. The van der Waals surface area contributed by atoms with Crippen LogP contribution in [0.15, 0.2) is 29.4 Å². The number of aromatic nitrogens is 2. The quantitative estimate of drug-likeness (QED) is 0.908. The first-order valence-electron chi connectivity index (χ1n) is 6.78. The molecular formula is C13H16ClN3O3S. The van der Waals surface area contributed by atoms with Crippen molar-refractivity contribution in [1.82, 2.24) is 14.1 Å². The zero-order chi connectivity index (χ0) is 15.0. The third-order valence-electron chi connectivity index (χ3n) is 3.52. The zero-order valence-corrected chi connectivity index (χ0v) is 13.1. The third-order valence-corrected chi connectivity index (χ3v) is 5.44. The summed E-state index contributed by atoms with van der Waals surface area (Å²) in [6.45, 7) is 2.57. The summed E-state index contributed by atoms with van der Waals surface area (Å²) in [5.74, 6) is 0. The standard InChI is InChI=1S/C13H16ClN3O3S/c1-2-20-10-7-9(8-10)16-21(18,19)13-12(14)15-11-5-3-4-6-17(11)13/h3-6,9-10,16H,2,7-8H2,1H3. The van der Waals surface area contributed by atoms with Gasteiger partial charge in [-0.3, -0.25) is 4.40 Å². The Kier molecular flexibility index (Phi) is 3.92. The first kappa shape index (κ1) is 14.8. The van der Waals surface area contributed by atoms with Gasteiger partial charge in [0.2, 0.25) is 0 Å². The fraction of sp³-hybridized carbons (Fsp3) is 0.462. The number of fused-ring (bicyclic) bond motifs is 1. The maximum absolute atomic E-state index is 12.5. The molecule has 6 nitrogen and oxygen atoms in total. The molecule has 0 aromatic carbocycles. The summed E-state index contributed by atoms with van der Waals surface area (Å²) >= 11 is 6.00. The van der Waals surface area contributed by atoms with Gasteiger partial charge in [-0.05, 0) is 31.9 Å². The normalized spacial score (nSPS) is 22.4. The van der Waals surface area contributed by atoms with E-state index in [2.05, 4.69) is 9.71 Å². The van der Waals surface area contributed by atoms with Crippen molar-refractivity contribution in [3.05, 3.63) is 29.5 Å². The molecule has 2 heterocycles. The Labute approximate surface area is 128 Å². The number of pyridine rings is 1. The van der Waals surface area contributed by atoms with E-state index in [1.54, 1.807) is 24.4 Å². The molecule has 1 aliphatic rings. The van der Waals surface area contributed by atoms with E-state index in [-0.39, 0.29) is 22.3 Å². The molecule has 3 rings (SSSR count). The predicted molar refractivity (Wildman–Crippen MR) is 79.0 cm³/mol. The summed E-state index contributed by atoms with van der Waals surface area (Å²) < 4.78 is 34.6. The predicted octanol–water partition coefficient (Wildman–Crippen LogP) is 1.83. The Balaban J connectivity index is 1.83. The largest absolute Gasteiger partial charge is 0.378 e. The molecule has 1 aliphatic carbocycles. The van der Waals surface area contributed by atoms with E-state index >= 15 is 0 Å². The van der Waals surface area contributed by atoms with Gasteiger partial charge >= 0.3 is 0 Å². The number of halogens is 1. The number of rotatable bonds is 5. The number of nitrogens with zero attached hydrogens (tertiary/aromatic N) is 2. The molecule has 0 radical (unpaired) electrons. The molecule has 1 fully saturated rings. The van der Waals surface area contributed by atoms with Gasteiger partial charge in [0.1, 0.15) is 5.65 Å². The van der Waals surface area contributed by atoms with Gasteiger partial charge in [-0.25, -0.2) is 18.1 Å². The van der Waals surface area contributed by atoms with Crippen LogP contribution in [0.5, 0.6) is 0 Å². The van der Waals surface area contributed by atoms with Gasteiger partial charge in [0, 0.05) is 18.8 Å². The van der Waals surface area contributed by atoms with E-state index in [0.29, 0.717) is 25.1 Å². The number of hydrogen-bond donors (Lipinski definition) is 1. The minimum atomic E-state index is -3.71. The lowest BCUT2D eigenvalue weighted by atomic mass is 9.90. The average molecular weight is 330 g/mol. The highest BCUT2D eigenvalue weighted by atomic mass is 35.5. The summed E-state index contributed by atoms with van der Waals surface area (Å²) in [5, 5.41) is -0.0333. The molecule has 0 bridgehead atoms. The topological polar surface area (TPSA) is 72.7 Å². The Bertz CT molecular complexity index is 753. The van der Waals surface area contributed by atoms with Crippen molar-refractivity contribution in [2.75, 3.05) is 6.61 Å². The number of imidazole rings is 1. The van der Waals surface area contributed by atoms with Crippen LogP contribution in [-0.2, 0) is 14.8 Å². The van der Waals surface area contributed by atoms with Crippen molar-refractivity contribution in [1.29, 1.82) is 0 Å². The number of nitrogens with one attached hydrogen (secondary N) is 1. The van der Waals surface area contributed by atoms with Crippen molar-refractivity contribution in [3.63, 3.8) is 0 Å². The van der Waals surface area contributed by atoms with Crippen LogP contribution in [0.4, 0.5) is 0 Å². The van der Waals surface area contributed by atoms with Crippen molar-refractivity contribution in [2.45, 2.75) is 36.9 Å². The first-order chi connectivity index (χ1) is 10.0. The monoisotopic (exact) mass is 329 g/mol. The first-order valence-corrected chi connectivity index (χ1v) is 8.64. The van der Waals surface area contributed by atoms with Crippen LogP contribution in [0, 0.1) is 0 Å². The van der Waals surface area contributed by atoms with E-state index in [1.807, 2.05) is 6.92 Å². The van der Waals surface area contributed by atoms with E-state index < -0.39 is 10.0 Å². The lowest BCUT2D eigenvalue weighted by Gasteiger charge is -2.34. The molecule has 1 saturated carbocycles. The van der Waals surface area contributed by atoms with Crippen LogP contribution in [0.2, 0.25) is 5.15 Å². The molecule has 0 atom stereocenters. The van der Waals surface area contributed by atoms with Gasteiger partial charge in [-0.1, -0.05) is 17.7 Å². The van der Waals surface area contributed by atoms with Gasteiger partial charge in [0.25, 0.3) is 10.0 Å². The Morgan fingerprint density at radius 2 is 2.24 bits per heavy atom. The van der Waals surface area contributed by atoms with Crippen molar-refractivity contribution >= 4 is 27.3 Å². The van der Waals surface area contributed by atoms with Gasteiger partial charge in [-0.15, -0.1) is 0 Å². The number of sulfonamides is 1. The summed E-state index contributed by atoms with van der Waals surface area (Å²) in [5.41, 5.74) is 0.503. The Morgan fingerprint density at radius 3 is 2.95 bits per heavy atom. The lowest BCUT2D eigenvalue weighted by Crippen LogP contribution is -2.47. The Morgan fingerprint density at radius 1 is 1.48 bits per heavy atom. The van der Waals surface area contributed by atoms with Crippen LogP contribution < -0.4 is 4.72 Å². The van der Waals surface area contributed by atoms with E-state index in [1.165, 1.54) is 4.40 Å². The summed E-state index contributed by atoms with van der Waals surface area (Å²) in [4.78, 5) is 4.06. The fourth-order valence-electron chi connectivity index (χ4n) is 2.49. The van der Waals surface area contributed by atoms with Gasteiger partial charge in [0.15, 0.2) is 10.2 Å². The molecule has 2 aromatic heterocycles. The summed E-state index contributed by atoms with van der Waals surface area (Å²) in [6, 6.07) is 5.11.